The van der Waals surface area contributed by atoms with E-state index in [9.17, 15) is 4.39 Å². The van der Waals surface area contributed by atoms with E-state index in [2.05, 4.69) is 6.92 Å². The highest BCUT2D eigenvalue weighted by molar-refractivity contribution is 5.41. The molecule has 1 nitrogen and oxygen atoms in total. The first-order valence-electron chi connectivity index (χ1n) is 4.92. The van der Waals surface area contributed by atoms with Crippen LogP contribution in [0.25, 0.3) is 0 Å². The van der Waals surface area contributed by atoms with Crippen molar-refractivity contribution in [1.82, 2.24) is 0 Å². The fourth-order valence-corrected chi connectivity index (χ4v) is 2.08. The first kappa shape index (κ1) is 9.21. The van der Waals surface area contributed by atoms with Gasteiger partial charge in [-0.1, -0.05) is 13.0 Å². The number of hydrogen-bond donors (Lipinski definition) is 0. The molecule has 0 amide bonds. The van der Waals surface area contributed by atoms with Crippen LogP contribution in [0.5, 0.6) is 0 Å². The lowest BCUT2D eigenvalue weighted by Crippen LogP contribution is -2.13. The first-order valence-corrected chi connectivity index (χ1v) is 4.92. The maximum absolute atomic E-state index is 13.7. The number of fused-ring (bicyclic) bond motifs is 1. The number of hydrogen-bond acceptors (Lipinski definition) is 1. The second-order valence-electron chi connectivity index (χ2n) is 4.02. The third kappa shape index (κ3) is 1.39. The summed E-state index contributed by atoms with van der Waals surface area (Å²) < 4.78 is 13.7. The molecule has 0 spiro atoms. The summed E-state index contributed by atoms with van der Waals surface area (Å²) in [4.78, 5) is 0. The van der Waals surface area contributed by atoms with Crippen molar-refractivity contribution >= 4 is 0 Å². The van der Waals surface area contributed by atoms with Crippen LogP contribution in [0, 0.1) is 23.1 Å². The van der Waals surface area contributed by atoms with E-state index in [1.165, 1.54) is 0 Å². The van der Waals surface area contributed by atoms with Gasteiger partial charge in [0.05, 0.1) is 5.56 Å². The predicted molar refractivity (Wildman–Crippen MR) is 52.3 cm³/mol. The molecular weight excluding hydrogens is 177 g/mol. The molecule has 0 aliphatic heterocycles. The molecule has 1 atom stereocenters. The van der Waals surface area contributed by atoms with Crippen LogP contribution in [-0.4, -0.2) is 0 Å². The Kier molecular flexibility index (Phi) is 2.25. The van der Waals surface area contributed by atoms with Crippen LogP contribution in [0.3, 0.4) is 0 Å². The zero-order valence-corrected chi connectivity index (χ0v) is 8.18. The molecule has 0 heterocycles. The summed E-state index contributed by atoms with van der Waals surface area (Å²) >= 11 is 0. The topological polar surface area (TPSA) is 23.8 Å². The molecule has 72 valence electrons. The highest BCUT2D eigenvalue weighted by Gasteiger charge is 2.19. The molecule has 1 aromatic carbocycles. The van der Waals surface area contributed by atoms with Gasteiger partial charge < -0.3 is 0 Å². The molecule has 1 aliphatic rings. The molecule has 1 unspecified atom stereocenters. The Hall–Kier alpha value is -1.36. The average Bonchev–Trinajstić information content (AvgIpc) is 2.18. The van der Waals surface area contributed by atoms with Gasteiger partial charge in [-0.3, -0.25) is 0 Å². The Labute approximate surface area is 83.2 Å². The Morgan fingerprint density at radius 2 is 2.29 bits per heavy atom. The number of benzene rings is 1. The normalized spacial score (nSPS) is 19.9. The Morgan fingerprint density at radius 1 is 1.50 bits per heavy atom. The summed E-state index contributed by atoms with van der Waals surface area (Å²) in [5.41, 5.74) is 2.03. The van der Waals surface area contributed by atoms with Crippen molar-refractivity contribution in [3.8, 4) is 6.07 Å². The van der Waals surface area contributed by atoms with Crippen LogP contribution in [0.4, 0.5) is 4.39 Å². The lowest BCUT2D eigenvalue weighted by Gasteiger charge is -2.21. The van der Waals surface area contributed by atoms with Gasteiger partial charge in [0.2, 0.25) is 0 Å². The Morgan fingerprint density at radius 3 is 3.00 bits per heavy atom. The van der Waals surface area contributed by atoms with Gasteiger partial charge >= 0.3 is 0 Å². The van der Waals surface area contributed by atoms with Crippen molar-refractivity contribution in [2.75, 3.05) is 0 Å². The van der Waals surface area contributed by atoms with Gasteiger partial charge in [0, 0.05) is 0 Å². The minimum atomic E-state index is -0.295. The molecule has 2 heteroatoms. The molecule has 0 fully saturated rings. The maximum Gasteiger partial charge on any atom is 0.144 e. The number of nitriles is 1. The van der Waals surface area contributed by atoms with E-state index in [-0.39, 0.29) is 11.4 Å². The van der Waals surface area contributed by atoms with E-state index >= 15 is 0 Å². The van der Waals surface area contributed by atoms with E-state index in [0.717, 1.165) is 30.4 Å². The predicted octanol–water partition coefficient (Wildman–Crippen LogP) is 2.82. The van der Waals surface area contributed by atoms with Crippen LogP contribution in [0.15, 0.2) is 12.1 Å². The smallest absolute Gasteiger partial charge is 0.144 e. The molecular formula is C12H12FN. The lowest BCUT2D eigenvalue weighted by atomic mass is 9.84. The molecule has 0 N–H and O–H groups in total. The average molecular weight is 189 g/mol. The fraction of sp³-hybridized carbons (Fsp3) is 0.417. The van der Waals surface area contributed by atoms with E-state index in [0.29, 0.717) is 5.92 Å². The summed E-state index contributed by atoms with van der Waals surface area (Å²) in [7, 11) is 0. The number of halogens is 1. The van der Waals surface area contributed by atoms with E-state index < -0.39 is 0 Å². The summed E-state index contributed by atoms with van der Waals surface area (Å²) in [5.74, 6) is 0.340. The molecule has 0 saturated heterocycles. The summed E-state index contributed by atoms with van der Waals surface area (Å²) in [5, 5.41) is 8.68. The fourth-order valence-electron chi connectivity index (χ4n) is 2.08. The van der Waals surface area contributed by atoms with Crippen molar-refractivity contribution in [1.29, 1.82) is 5.26 Å². The third-order valence-corrected chi connectivity index (χ3v) is 2.92. The zero-order chi connectivity index (χ0) is 10.1. The van der Waals surface area contributed by atoms with Gasteiger partial charge in [0.25, 0.3) is 0 Å². The molecule has 1 aromatic rings. The standard InChI is InChI=1S/C12H12FN/c1-8-2-5-11-9(6-8)3-4-10(7-14)12(11)13/h3-4,8H,2,5-6H2,1H3. The maximum atomic E-state index is 13.7. The third-order valence-electron chi connectivity index (χ3n) is 2.92. The number of rotatable bonds is 0. The van der Waals surface area contributed by atoms with Crippen molar-refractivity contribution in [2.24, 2.45) is 5.92 Å². The van der Waals surface area contributed by atoms with Gasteiger partial charge in [0.15, 0.2) is 0 Å². The lowest BCUT2D eigenvalue weighted by molar-refractivity contribution is 0.481. The summed E-state index contributed by atoms with van der Waals surface area (Å²) in [6.07, 6.45) is 2.74. The molecule has 1 aliphatic carbocycles. The monoisotopic (exact) mass is 189 g/mol. The van der Waals surface area contributed by atoms with E-state index in [4.69, 9.17) is 5.26 Å². The van der Waals surface area contributed by atoms with E-state index in [1.807, 2.05) is 12.1 Å². The molecule has 0 bridgehead atoms. The molecule has 2 rings (SSSR count). The second-order valence-corrected chi connectivity index (χ2v) is 4.02. The molecule has 0 saturated carbocycles. The van der Waals surface area contributed by atoms with Gasteiger partial charge in [-0.25, -0.2) is 4.39 Å². The highest BCUT2D eigenvalue weighted by atomic mass is 19.1. The largest absolute Gasteiger partial charge is 0.205 e. The minimum absolute atomic E-state index is 0.179. The van der Waals surface area contributed by atoms with Crippen LogP contribution in [0.1, 0.15) is 30.0 Å². The summed E-state index contributed by atoms with van der Waals surface area (Å²) in [6.45, 7) is 2.18. The van der Waals surface area contributed by atoms with Crippen LogP contribution in [0.2, 0.25) is 0 Å². The van der Waals surface area contributed by atoms with Gasteiger partial charge in [-0.05, 0) is 42.4 Å². The first-order chi connectivity index (χ1) is 6.72. The minimum Gasteiger partial charge on any atom is -0.205 e. The molecule has 0 aromatic heterocycles. The Bertz CT molecular complexity index is 404. The SMILES string of the molecule is CC1CCc2c(ccc(C#N)c2F)C1. The molecule has 14 heavy (non-hydrogen) atoms. The van der Waals surface area contributed by atoms with Crippen LogP contribution < -0.4 is 0 Å². The van der Waals surface area contributed by atoms with Crippen molar-refractivity contribution in [3.63, 3.8) is 0 Å². The highest BCUT2D eigenvalue weighted by Crippen LogP contribution is 2.28. The van der Waals surface area contributed by atoms with Crippen LogP contribution >= 0.6 is 0 Å². The summed E-state index contributed by atoms with van der Waals surface area (Å²) in [6, 6.07) is 5.37. The van der Waals surface area contributed by atoms with Gasteiger partial charge in [-0.15, -0.1) is 0 Å². The van der Waals surface area contributed by atoms with Gasteiger partial charge in [0.1, 0.15) is 11.9 Å². The van der Waals surface area contributed by atoms with Crippen LogP contribution in [-0.2, 0) is 12.8 Å². The van der Waals surface area contributed by atoms with Crippen molar-refractivity contribution in [3.05, 3.63) is 34.6 Å². The van der Waals surface area contributed by atoms with Crippen molar-refractivity contribution < 1.29 is 4.39 Å². The van der Waals surface area contributed by atoms with E-state index in [1.54, 1.807) is 6.07 Å². The van der Waals surface area contributed by atoms with Gasteiger partial charge in [-0.2, -0.15) is 5.26 Å². The van der Waals surface area contributed by atoms with Crippen molar-refractivity contribution in [2.45, 2.75) is 26.2 Å². The Balaban J connectivity index is 2.50. The number of nitrogens with zero attached hydrogens (tertiary/aromatic N) is 1. The molecule has 0 radical (unpaired) electrons. The second kappa shape index (κ2) is 3.42. The quantitative estimate of drug-likeness (QED) is 0.615. The zero-order valence-electron chi connectivity index (χ0n) is 8.18.